The van der Waals surface area contributed by atoms with E-state index in [2.05, 4.69) is 52.0 Å². The molecule has 2 heteroatoms. The molecule has 0 saturated heterocycles. The number of aromatic carboxylic acids is 1. The average Bonchev–Trinajstić information content (AvgIpc) is 2.54. The SMILES string of the molecule is CCC(C)c1c(CCC2(C)CC=CC=C2C)cccc1C(=O)O. The number of allylic oxidation sites excluding steroid dienone is 4. The Labute approximate surface area is 139 Å². The fraction of sp³-hybridized carbons (Fsp3) is 0.476. The van der Waals surface area contributed by atoms with Gasteiger partial charge in [-0.1, -0.05) is 56.7 Å². The number of aryl methyl sites for hydroxylation is 1. The van der Waals surface area contributed by atoms with Gasteiger partial charge in [0.1, 0.15) is 0 Å². The van der Waals surface area contributed by atoms with E-state index in [9.17, 15) is 9.90 Å². The second-order valence-corrected chi connectivity index (χ2v) is 7.04. The molecule has 0 heterocycles. The van der Waals surface area contributed by atoms with Crippen LogP contribution in [0.15, 0.2) is 42.0 Å². The molecule has 0 aliphatic heterocycles. The zero-order valence-corrected chi connectivity index (χ0v) is 14.7. The van der Waals surface area contributed by atoms with Gasteiger partial charge < -0.3 is 5.11 Å². The topological polar surface area (TPSA) is 37.3 Å². The van der Waals surface area contributed by atoms with Gasteiger partial charge in [-0.2, -0.15) is 0 Å². The predicted molar refractivity (Wildman–Crippen MR) is 96.0 cm³/mol. The minimum Gasteiger partial charge on any atom is -0.478 e. The van der Waals surface area contributed by atoms with Crippen LogP contribution < -0.4 is 0 Å². The summed E-state index contributed by atoms with van der Waals surface area (Å²) in [6, 6.07) is 5.73. The van der Waals surface area contributed by atoms with Gasteiger partial charge in [0, 0.05) is 0 Å². The summed E-state index contributed by atoms with van der Waals surface area (Å²) in [4.78, 5) is 11.6. The maximum Gasteiger partial charge on any atom is 0.335 e. The Morgan fingerprint density at radius 1 is 1.39 bits per heavy atom. The molecule has 0 amide bonds. The molecule has 0 bridgehead atoms. The third-order valence-corrected chi connectivity index (χ3v) is 5.48. The van der Waals surface area contributed by atoms with Crippen molar-refractivity contribution in [3.05, 3.63) is 58.7 Å². The van der Waals surface area contributed by atoms with Gasteiger partial charge in [-0.25, -0.2) is 4.79 Å². The summed E-state index contributed by atoms with van der Waals surface area (Å²) in [5.74, 6) is -0.543. The molecule has 0 saturated carbocycles. The Kier molecular flexibility index (Phi) is 5.46. The third kappa shape index (κ3) is 3.74. The molecule has 23 heavy (non-hydrogen) atoms. The zero-order chi connectivity index (χ0) is 17.0. The van der Waals surface area contributed by atoms with Crippen molar-refractivity contribution in [1.29, 1.82) is 0 Å². The van der Waals surface area contributed by atoms with E-state index in [0.29, 0.717) is 5.56 Å². The lowest BCUT2D eigenvalue weighted by molar-refractivity contribution is 0.0695. The minimum atomic E-state index is -0.815. The van der Waals surface area contributed by atoms with Gasteiger partial charge in [0.2, 0.25) is 0 Å². The predicted octanol–water partition coefficient (Wildman–Crippen LogP) is 5.74. The van der Waals surface area contributed by atoms with Crippen molar-refractivity contribution in [3.8, 4) is 0 Å². The Hall–Kier alpha value is -1.83. The monoisotopic (exact) mass is 312 g/mol. The lowest BCUT2D eigenvalue weighted by Crippen LogP contribution is -2.20. The van der Waals surface area contributed by atoms with E-state index >= 15 is 0 Å². The largest absolute Gasteiger partial charge is 0.478 e. The highest BCUT2D eigenvalue weighted by atomic mass is 16.4. The van der Waals surface area contributed by atoms with Crippen LogP contribution in [-0.2, 0) is 6.42 Å². The van der Waals surface area contributed by atoms with Gasteiger partial charge in [-0.3, -0.25) is 0 Å². The van der Waals surface area contributed by atoms with Crippen LogP contribution in [0.1, 0.15) is 74.4 Å². The molecule has 2 unspecified atom stereocenters. The third-order valence-electron chi connectivity index (χ3n) is 5.48. The molecular formula is C21H28O2. The van der Waals surface area contributed by atoms with E-state index in [1.807, 2.05) is 6.07 Å². The average molecular weight is 312 g/mol. The van der Waals surface area contributed by atoms with Crippen LogP contribution in [-0.4, -0.2) is 11.1 Å². The van der Waals surface area contributed by atoms with Crippen molar-refractivity contribution in [2.45, 2.75) is 59.3 Å². The van der Waals surface area contributed by atoms with E-state index in [1.165, 1.54) is 11.1 Å². The van der Waals surface area contributed by atoms with Gasteiger partial charge in [0.15, 0.2) is 0 Å². The molecule has 124 valence electrons. The fourth-order valence-corrected chi connectivity index (χ4v) is 3.42. The van der Waals surface area contributed by atoms with Crippen LogP contribution in [0, 0.1) is 5.41 Å². The van der Waals surface area contributed by atoms with Gasteiger partial charge in [0.25, 0.3) is 0 Å². The summed E-state index contributed by atoms with van der Waals surface area (Å²) in [7, 11) is 0. The van der Waals surface area contributed by atoms with E-state index in [4.69, 9.17) is 0 Å². The standard InChI is InChI=1S/C21H28O2/c1-5-15(2)19-17(10-8-11-18(19)20(22)23)12-14-21(4)13-7-6-9-16(21)3/h6-11,15H,5,12-14H2,1-4H3,(H,22,23). The van der Waals surface area contributed by atoms with Crippen LogP contribution >= 0.6 is 0 Å². The van der Waals surface area contributed by atoms with Gasteiger partial charge >= 0.3 is 5.97 Å². The smallest absolute Gasteiger partial charge is 0.335 e. The van der Waals surface area contributed by atoms with Crippen LogP contribution in [0.3, 0.4) is 0 Å². The zero-order valence-electron chi connectivity index (χ0n) is 14.7. The molecule has 0 aromatic heterocycles. The number of carboxylic acids is 1. The maximum atomic E-state index is 11.6. The molecule has 2 atom stereocenters. The fourth-order valence-electron chi connectivity index (χ4n) is 3.42. The van der Waals surface area contributed by atoms with Crippen LogP contribution in [0.2, 0.25) is 0 Å². The first kappa shape index (κ1) is 17.5. The second kappa shape index (κ2) is 7.16. The van der Waals surface area contributed by atoms with Crippen molar-refractivity contribution < 1.29 is 9.90 Å². The number of carbonyl (C=O) groups is 1. The normalized spacial score (nSPS) is 21.8. The number of rotatable bonds is 6. The van der Waals surface area contributed by atoms with Crippen LogP contribution in [0.25, 0.3) is 0 Å². The van der Waals surface area contributed by atoms with Crippen molar-refractivity contribution in [2.75, 3.05) is 0 Å². The highest BCUT2D eigenvalue weighted by Crippen LogP contribution is 2.39. The molecule has 0 spiro atoms. The van der Waals surface area contributed by atoms with Crippen LogP contribution in [0.5, 0.6) is 0 Å². The summed E-state index contributed by atoms with van der Waals surface area (Å²) in [5.41, 5.74) is 4.29. The number of benzene rings is 1. The Balaban J connectivity index is 2.29. The molecule has 1 aromatic carbocycles. The summed E-state index contributed by atoms with van der Waals surface area (Å²) >= 11 is 0. The molecular weight excluding hydrogens is 284 g/mol. The highest BCUT2D eigenvalue weighted by Gasteiger charge is 2.27. The summed E-state index contributed by atoms with van der Waals surface area (Å²) in [6.07, 6.45) is 10.6. The first-order valence-electron chi connectivity index (χ1n) is 8.58. The van der Waals surface area contributed by atoms with Crippen molar-refractivity contribution >= 4 is 5.97 Å². The quantitative estimate of drug-likeness (QED) is 0.727. The Morgan fingerprint density at radius 3 is 2.74 bits per heavy atom. The lowest BCUT2D eigenvalue weighted by Gasteiger charge is -2.32. The summed E-state index contributed by atoms with van der Waals surface area (Å²) in [6.45, 7) is 8.76. The molecule has 1 aromatic rings. The van der Waals surface area contributed by atoms with E-state index < -0.39 is 5.97 Å². The molecule has 2 nitrogen and oxygen atoms in total. The molecule has 1 N–H and O–H groups in total. The summed E-state index contributed by atoms with van der Waals surface area (Å²) in [5, 5.41) is 9.53. The molecule has 1 aliphatic carbocycles. The van der Waals surface area contributed by atoms with Gasteiger partial charge in [-0.15, -0.1) is 0 Å². The lowest BCUT2D eigenvalue weighted by atomic mass is 9.72. The second-order valence-electron chi connectivity index (χ2n) is 7.04. The first-order valence-corrected chi connectivity index (χ1v) is 8.58. The highest BCUT2D eigenvalue weighted by molar-refractivity contribution is 5.90. The maximum absolute atomic E-state index is 11.6. The minimum absolute atomic E-state index is 0.181. The van der Waals surface area contributed by atoms with Gasteiger partial charge in [0.05, 0.1) is 5.56 Å². The van der Waals surface area contributed by atoms with E-state index in [-0.39, 0.29) is 11.3 Å². The van der Waals surface area contributed by atoms with Crippen molar-refractivity contribution in [3.63, 3.8) is 0 Å². The molecule has 1 aliphatic rings. The van der Waals surface area contributed by atoms with E-state index in [1.54, 1.807) is 6.07 Å². The molecule has 2 rings (SSSR count). The number of hydrogen-bond donors (Lipinski definition) is 1. The number of carboxylic acid groups (broad SMARTS) is 1. The van der Waals surface area contributed by atoms with E-state index in [0.717, 1.165) is 31.2 Å². The Morgan fingerprint density at radius 2 is 2.13 bits per heavy atom. The summed E-state index contributed by atoms with van der Waals surface area (Å²) < 4.78 is 0. The first-order chi connectivity index (χ1) is 10.9. The molecule has 0 radical (unpaired) electrons. The Bertz CT molecular complexity index is 639. The molecule has 0 fully saturated rings. The van der Waals surface area contributed by atoms with Crippen LogP contribution in [0.4, 0.5) is 0 Å². The van der Waals surface area contributed by atoms with Crippen molar-refractivity contribution in [2.24, 2.45) is 5.41 Å². The van der Waals surface area contributed by atoms with Crippen molar-refractivity contribution in [1.82, 2.24) is 0 Å². The van der Waals surface area contributed by atoms with Gasteiger partial charge in [-0.05, 0) is 61.1 Å². The number of hydrogen-bond acceptors (Lipinski definition) is 1.